The van der Waals surface area contributed by atoms with Gasteiger partial charge in [0, 0.05) is 29.0 Å². The number of nitrogens with two attached hydrogens (primary N) is 1. The zero-order valence-electron chi connectivity index (χ0n) is 14.5. The molecule has 0 fully saturated rings. The topological polar surface area (TPSA) is 59.2 Å². The van der Waals surface area contributed by atoms with E-state index < -0.39 is 5.91 Å². The molecule has 6 heteroatoms. The van der Waals surface area contributed by atoms with Gasteiger partial charge in [0.2, 0.25) is 5.91 Å². The number of primary amides is 1. The number of hydrogen-bond acceptors (Lipinski definition) is 3. The number of hydrogen-bond donors (Lipinski definition) is 1. The van der Waals surface area contributed by atoms with Gasteiger partial charge in [-0.3, -0.25) is 4.79 Å². The SMILES string of the molecule is NC(=O)c1cccc2c1CCN2c1cc(Cc2cc(F)cc(Cl)c2)ccn1. The van der Waals surface area contributed by atoms with E-state index >= 15 is 0 Å². The van der Waals surface area contributed by atoms with Crippen LogP contribution >= 0.6 is 11.6 Å². The van der Waals surface area contributed by atoms with Crippen LogP contribution in [0.3, 0.4) is 0 Å². The van der Waals surface area contributed by atoms with Gasteiger partial charge in [-0.05, 0) is 72.0 Å². The molecule has 2 heterocycles. The van der Waals surface area contributed by atoms with E-state index in [0.29, 0.717) is 17.0 Å². The predicted molar refractivity (Wildman–Crippen MR) is 104 cm³/mol. The van der Waals surface area contributed by atoms with Gasteiger partial charge in [-0.25, -0.2) is 9.37 Å². The largest absolute Gasteiger partial charge is 0.366 e. The number of carbonyl (C=O) groups is 1. The second-order valence-electron chi connectivity index (χ2n) is 6.55. The maximum absolute atomic E-state index is 13.6. The van der Waals surface area contributed by atoms with E-state index in [2.05, 4.69) is 9.88 Å². The number of rotatable bonds is 4. The van der Waals surface area contributed by atoms with Crippen LogP contribution in [-0.4, -0.2) is 17.4 Å². The molecule has 0 spiro atoms. The van der Waals surface area contributed by atoms with Gasteiger partial charge in [-0.15, -0.1) is 0 Å². The number of nitrogens with zero attached hydrogens (tertiary/aromatic N) is 2. The fraction of sp³-hybridized carbons (Fsp3) is 0.143. The number of amides is 1. The third-order valence-electron chi connectivity index (χ3n) is 4.71. The molecule has 1 aliphatic heterocycles. The molecule has 0 aliphatic carbocycles. The second-order valence-corrected chi connectivity index (χ2v) is 6.98. The summed E-state index contributed by atoms with van der Waals surface area (Å²) in [5.41, 5.74) is 9.75. The predicted octanol–water partition coefficient (Wildman–Crippen LogP) is 4.26. The molecule has 0 bridgehead atoms. The third kappa shape index (κ3) is 3.51. The average Bonchev–Trinajstić information content (AvgIpc) is 3.05. The Bertz CT molecular complexity index is 1020. The van der Waals surface area contributed by atoms with Crippen molar-refractivity contribution >= 4 is 29.0 Å². The maximum atomic E-state index is 13.6. The number of aromatic nitrogens is 1. The Hall–Kier alpha value is -2.92. The highest BCUT2D eigenvalue weighted by Gasteiger charge is 2.25. The van der Waals surface area contributed by atoms with Gasteiger partial charge in [0.25, 0.3) is 0 Å². The minimum absolute atomic E-state index is 0.348. The third-order valence-corrected chi connectivity index (χ3v) is 4.93. The highest BCUT2D eigenvalue weighted by atomic mass is 35.5. The first kappa shape index (κ1) is 17.5. The van der Waals surface area contributed by atoms with Crippen LogP contribution in [0, 0.1) is 5.82 Å². The quantitative estimate of drug-likeness (QED) is 0.734. The first-order valence-corrected chi connectivity index (χ1v) is 8.98. The number of pyridine rings is 1. The van der Waals surface area contributed by atoms with Crippen LogP contribution in [0.15, 0.2) is 54.7 Å². The molecule has 27 heavy (non-hydrogen) atoms. The summed E-state index contributed by atoms with van der Waals surface area (Å²) in [7, 11) is 0. The lowest BCUT2D eigenvalue weighted by molar-refractivity contribution is 0.0999. The monoisotopic (exact) mass is 381 g/mol. The molecule has 4 nitrogen and oxygen atoms in total. The molecule has 0 saturated carbocycles. The number of fused-ring (bicyclic) bond motifs is 1. The molecule has 3 aromatic rings. The van der Waals surface area contributed by atoms with E-state index in [-0.39, 0.29) is 5.82 Å². The summed E-state index contributed by atoms with van der Waals surface area (Å²) >= 11 is 5.95. The average molecular weight is 382 g/mol. The van der Waals surface area contributed by atoms with Crippen molar-refractivity contribution in [1.82, 2.24) is 4.98 Å². The molecule has 2 aromatic carbocycles. The molecule has 4 rings (SSSR count). The van der Waals surface area contributed by atoms with Crippen LogP contribution in [-0.2, 0) is 12.8 Å². The van der Waals surface area contributed by atoms with Crippen LogP contribution in [0.2, 0.25) is 5.02 Å². The molecule has 1 aliphatic rings. The van der Waals surface area contributed by atoms with Crippen LogP contribution in [0.5, 0.6) is 0 Å². The van der Waals surface area contributed by atoms with E-state index in [1.165, 1.54) is 12.1 Å². The highest BCUT2D eigenvalue weighted by Crippen LogP contribution is 2.35. The van der Waals surface area contributed by atoms with E-state index in [4.69, 9.17) is 17.3 Å². The summed E-state index contributed by atoms with van der Waals surface area (Å²) in [6, 6.07) is 14.0. The standard InChI is InChI=1S/C21H17ClFN3O/c22-15-9-14(10-16(23)12-15)8-13-4-6-25-20(11-13)26-7-5-17-18(21(24)27)2-1-3-19(17)26/h1-4,6,9-12H,5,7-8H2,(H2,24,27). The smallest absolute Gasteiger partial charge is 0.249 e. The summed E-state index contributed by atoms with van der Waals surface area (Å²) < 4.78 is 13.6. The van der Waals surface area contributed by atoms with Gasteiger partial charge in [0.1, 0.15) is 11.6 Å². The maximum Gasteiger partial charge on any atom is 0.249 e. The van der Waals surface area contributed by atoms with Crippen molar-refractivity contribution in [3.05, 3.63) is 87.8 Å². The molecule has 1 aromatic heterocycles. The lowest BCUT2D eigenvalue weighted by atomic mass is 10.0. The number of halogens is 2. The van der Waals surface area contributed by atoms with Crippen molar-refractivity contribution in [3.63, 3.8) is 0 Å². The van der Waals surface area contributed by atoms with E-state index in [1.54, 1.807) is 18.3 Å². The summed E-state index contributed by atoms with van der Waals surface area (Å²) in [6.45, 7) is 0.724. The molecule has 136 valence electrons. The number of carbonyl (C=O) groups excluding carboxylic acids is 1. The second kappa shape index (κ2) is 7.00. The van der Waals surface area contributed by atoms with E-state index in [9.17, 15) is 9.18 Å². The fourth-order valence-electron chi connectivity index (χ4n) is 3.57. The zero-order valence-corrected chi connectivity index (χ0v) is 15.2. The van der Waals surface area contributed by atoms with Crippen molar-refractivity contribution in [1.29, 1.82) is 0 Å². The van der Waals surface area contributed by atoms with Gasteiger partial charge in [0.15, 0.2) is 0 Å². The van der Waals surface area contributed by atoms with Gasteiger partial charge in [-0.1, -0.05) is 17.7 Å². The Morgan fingerprint density at radius 1 is 1.19 bits per heavy atom. The molecular formula is C21H17ClFN3O. The van der Waals surface area contributed by atoms with Gasteiger partial charge in [0.05, 0.1) is 0 Å². The normalized spacial score (nSPS) is 12.9. The minimum Gasteiger partial charge on any atom is -0.366 e. The lowest BCUT2D eigenvalue weighted by Gasteiger charge is -2.19. The van der Waals surface area contributed by atoms with Gasteiger partial charge < -0.3 is 10.6 Å². The zero-order chi connectivity index (χ0) is 19.0. The minimum atomic E-state index is -0.418. The summed E-state index contributed by atoms with van der Waals surface area (Å²) in [5, 5.41) is 0.381. The molecule has 1 amide bonds. The van der Waals surface area contributed by atoms with Crippen LogP contribution < -0.4 is 10.6 Å². The molecule has 0 atom stereocenters. The van der Waals surface area contributed by atoms with Crippen molar-refractivity contribution in [2.75, 3.05) is 11.4 Å². The van der Waals surface area contributed by atoms with Crippen LogP contribution in [0.4, 0.5) is 15.9 Å². The Kier molecular flexibility index (Phi) is 4.54. The summed E-state index contributed by atoms with van der Waals surface area (Å²) in [6.07, 6.45) is 3.02. The molecule has 0 radical (unpaired) electrons. The highest BCUT2D eigenvalue weighted by molar-refractivity contribution is 6.30. The van der Waals surface area contributed by atoms with E-state index in [0.717, 1.165) is 41.2 Å². The first-order valence-electron chi connectivity index (χ1n) is 8.60. The number of anilines is 2. The molecular weight excluding hydrogens is 365 g/mol. The number of benzene rings is 2. The lowest BCUT2D eigenvalue weighted by Crippen LogP contribution is -2.15. The first-order chi connectivity index (χ1) is 13.0. The van der Waals surface area contributed by atoms with Crippen molar-refractivity contribution in [2.45, 2.75) is 12.8 Å². The molecule has 0 saturated heterocycles. The van der Waals surface area contributed by atoms with Gasteiger partial charge >= 0.3 is 0 Å². The fourth-order valence-corrected chi connectivity index (χ4v) is 3.81. The van der Waals surface area contributed by atoms with Crippen molar-refractivity contribution in [3.8, 4) is 0 Å². The Labute approximate surface area is 161 Å². The molecule has 0 unspecified atom stereocenters. The van der Waals surface area contributed by atoms with E-state index in [1.807, 2.05) is 24.3 Å². The molecule has 2 N–H and O–H groups in total. The Balaban J connectivity index is 1.65. The van der Waals surface area contributed by atoms with Crippen molar-refractivity contribution in [2.24, 2.45) is 5.73 Å². The van der Waals surface area contributed by atoms with Gasteiger partial charge in [-0.2, -0.15) is 0 Å². The Morgan fingerprint density at radius 2 is 2.04 bits per heavy atom. The summed E-state index contributed by atoms with van der Waals surface area (Å²) in [4.78, 5) is 18.2. The van der Waals surface area contributed by atoms with Crippen LogP contribution in [0.1, 0.15) is 27.0 Å². The van der Waals surface area contributed by atoms with Crippen molar-refractivity contribution < 1.29 is 9.18 Å². The Morgan fingerprint density at radius 3 is 2.81 bits per heavy atom. The van der Waals surface area contributed by atoms with Crippen LogP contribution in [0.25, 0.3) is 0 Å². The summed E-state index contributed by atoms with van der Waals surface area (Å²) in [5.74, 6) is 0.0213.